The van der Waals surface area contributed by atoms with Gasteiger partial charge in [0.15, 0.2) is 5.69 Å². The first-order chi connectivity index (χ1) is 18.2. The van der Waals surface area contributed by atoms with Crippen LogP contribution < -0.4 is 21.7 Å². The van der Waals surface area contributed by atoms with Gasteiger partial charge in [-0.15, -0.1) is 0 Å². The molecule has 3 amide bonds. The molecule has 0 bridgehead atoms. The van der Waals surface area contributed by atoms with Crippen LogP contribution in [0.1, 0.15) is 63.0 Å². The van der Waals surface area contributed by atoms with E-state index in [-0.39, 0.29) is 34.8 Å². The number of rotatable bonds is 9. The van der Waals surface area contributed by atoms with Gasteiger partial charge in [0.1, 0.15) is 16.7 Å². The van der Waals surface area contributed by atoms with Crippen molar-refractivity contribution in [3.05, 3.63) is 76.0 Å². The normalized spacial score (nSPS) is 14.2. The van der Waals surface area contributed by atoms with Crippen LogP contribution in [-0.2, 0) is 11.3 Å². The summed E-state index contributed by atoms with van der Waals surface area (Å²) in [5.41, 5.74) is 13.3. The van der Waals surface area contributed by atoms with Gasteiger partial charge in [-0.2, -0.15) is 4.37 Å². The van der Waals surface area contributed by atoms with E-state index in [1.54, 1.807) is 12.1 Å². The Bertz CT molecular complexity index is 1300. The van der Waals surface area contributed by atoms with Crippen LogP contribution in [0.25, 0.3) is 0 Å². The Labute approximate surface area is 224 Å². The molecule has 38 heavy (non-hydrogen) atoms. The van der Waals surface area contributed by atoms with Crippen molar-refractivity contribution in [2.24, 2.45) is 5.73 Å². The van der Waals surface area contributed by atoms with E-state index in [0.717, 1.165) is 42.9 Å². The third-order valence-corrected chi connectivity index (χ3v) is 7.52. The molecule has 1 aromatic heterocycles. The Morgan fingerprint density at radius 2 is 1.71 bits per heavy atom. The van der Waals surface area contributed by atoms with Crippen LogP contribution in [0.3, 0.4) is 0 Å². The van der Waals surface area contributed by atoms with Gasteiger partial charge in [-0.1, -0.05) is 37.1 Å². The number of hydrogen-bond donors (Lipinski definition) is 3. The highest BCUT2D eigenvalue weighted by atomic mass is 32.1. The van der Waals surface area contributed by atoms with Gasteiger partial charge >= 0.3 is 0 Å². The fraction of sp³-hybridized carbons (Fsp3) is 0.333. The number of nitrogen functional groups attached to an aromatic ring is 1. The van der Waals surface area contributed by atoms with E-state index in [2.05, 4.69) is 9.69 Å². The van der Waals surface area contributed by atoms with E-state index >= 15 is 0 Å². The maximum atomic E-state index is 14.0. The van der Waals surface area contributed by atoms with Gasteiger partial charge in [-0.05, 0) is 59.8 Å². The summed E-state index contributed by atoms with van der Waals surface area (Å²) in [7, 11) is 3.82. The molecule has 0 aliphatic heterocycles. The Balaban J connectivity index is 1.80. The van der Waals surface area contributed by atoms with Crippen LogP contribution in [0.2, 0.25) is 0 Å². The predicted octanol–water partition coefficient (Wildman–Crippen LogP) is 3.47. The van der Waals surface area contributed by atoms with Crippen molar-refractivity contribution in [2.75, 3.05) is 24.7 Å². The molecule has 5 N–H and O–H groups in total. The van der Waals surface area contributed by atoms with Crippen molar-refractivity contribution in [1.29, 1.82) is 0 Å². The third kappa shape index (κ3) is 5.94. The molecule has 9 nitrogen and oxygen atoms in total. The molecule has 2 aromatic carbocycles. The van der Waals surface area contributed by atoms with Crippen LogP contribution in [0.5, 0.6) is 0 Å². The van der Waals surface area contributed by atoms with Crippen LogP contribution in [0, 0.1) is 5.82 Å². The number of amides is 3. The molecular formula is C27H31FN6O3S. The zero-order valence-electron chi connectivity index (χ0n) is 21.3. The van der Waals surface area contributed by atoms with Crippen LogP contribution >= 0.6 is 11.5 Å². The Hall–Kier alpha value is -3.99. The molecule has 0 saturated heterocycles. The second-order valence-electron chi connectivity index (χ2n) is 9.58. The summed E-state index contributed by atoms with van der Waals surface area (Å²) >= 11 is 0.752. The summed E-state index contributed by atoms with van der Waals surface area (Å²) in [5.74, 6) is -2.18. The molecule has 4 rings (SSSR count). The number of carbonyl (C=O) groups is 3. The minimum atomic E-state index is -1.03. The van der Waals surface area contributed by atoms with Crippen molar-refractivity contribution >= 4 is 40.6 Å². The largest absolute Gasteiger partial charge is 0.395 e. The highest BCUT2D eigenvalue weighted by molar-refractivity contribution is 7.09. The smallest absolute Gasteiger partial charge is 0.270 e. The minimum Gasteiger partial charge on any atom is -0.395 e. The fourth-order valence-corrected chi connectivity index (χ4v) is 5.37. The van der Waals surface area contributed by atoms with Crippen molar-refractivity contribution in [3.63, 3.8) is 0 Å². The highest BCUT2D eigenvalue weighted by Crippen LogP contribution is 2.32. The molecule has 3 aromatic rings. The number of carbonyl (C=O) groups excluding carboxylic acids is 3. The molecule has 200 valence electrons. The summed E-state index contributed by atoms with van der Waals surface area (Å²) < 4.78 is 17.6. The van der Waals surface area contributed by atoms with Crippen molar-refractivity contribution in [2.45, 2.75) is 44.3 Å². The number of nitrogens with zero attached hydrogens (tertiary/aromatic N) is 3. The minimum absolute atomic E-state index is 0.00416. The highest BCUT2D eigenvalue weighted by Gasteiger charge is 2.36. The van der Waals surface area contributed by atoms with Crippen molar-refractivity contribution in [1.82, 2.24) is 14.6 Å². The van der Waals surface area contributed by atoms with E-state index in [1.807, 2.05) is 43.3 Å². The summed E-state index contributed by atoms with van der Waals surface area (Å²) in [6.07, 6.45) is 3.79. The maximum absolute atomic E-state index is 14.0. The van der Waals surface area contributed by atoms with E-state index in [9.17, 15) is 18.8 Å². The number of nitrogens with two attached hydrogens (primary N) is 2. The van der Waals surface area contributed by atoms with Crippen LogP contribution in [0.4, 0.5) is 15.8 Å². The maximum Gasteiger partial charge on any atom is 0.270 e. The number of hydrogen-bond acceptors (Lipinski definition) is 7. The standard InChI is InChI=1S/C27H31FN6O3S/c1-33(2)20-13-9-17(10-14-20)23(26(36)31-19-5-3-4-6-19)34(15-16-7-11-18(28)12-8-16)27(37)24-21(29)22(25(30)35)32-38-24/h7-14,19,23H,3-6,15,29H2,1-2H3,(H2,30,35)(H,31,36)/t23-/m1/s1. The van der Waals surface area contributed by atoms with E-state index in [1.165, 1.54) is 17.0 Å². The lowest BCUT2D eigenvalue weighted by molar-refractivity contribution is -0.126. The number of halogens is 1. The topological polar surface area (TPSA) is 135 Å². The molecular weight excluding hydrogens is 507 g/mol. The number of nitrogens with one attached hydrogen (secondary N) is 1. The first-order valence-corrected chi connectivity index (χ1v) is 13.1. The summed E-state index contributed by atoms with van der Waals surface area (Å²) in [6.45, 7) is -0.0133. The number of benzene rings is 2. The second kappa shape index (κ2) is 11.6. The zero-order chi connectivity index (χ0) is 27.4. The molecule has 1 aliphatic carbocycles. The van der Waals surface area contributed by atoms with Gasteiger partial charge in [-0.3, -0.25) is 14.4 Å². The SMILES string of the molecule is CN(C)c1ccc([C@H](C(=O)NC2CCCC2)N(Cc2ccc(F)cc2)C(=O)c2snc(C(N)=O)c2N)cc1. The molecule has 0 radical (unpaired) electrons. The Kier molecular flexibility index (Phi) is 8.26. The molecule has 0 spiro atoms. The zero-order valence-corrected chi connectivity index (χ0v) is 22.1. The first-order valence-electron chi connectivity index (χ1n) is 12.3. The molecule has 11 heteroatoms. The summed E-state index contributed by atoms with van der Waals surface area (Å²) in [5, 5.41) is 3.11. The molecule has 1 heterocycles. The van der Waals surface area contributed by atoms with Gasteiger partial charge in [0, 0.05) is 32.4 Å². The quantitative estimate of drug-likeness (QED) is 0.382. The Morgan fingerprint density at radius 1 is 1.08 bits per heavy atom. The number of aromatic nitrogens is 1. The monoisotopic (exact) mass is 538 g/mol. The average Bonchev–Trinajstić information content (AvgIpc) is 3.54. The second-order valence-corrected chi connectivity index (χ2v) is 10.3. The van der Waals surface area contributed by atoms with E-state index < -0.39 is 23.7 Å². The van der Waals surface area contributed by atoms with E-state index in [4.69, 9.17) is 11.5 Å². The third-order valence-electron chi connectivity index (χ3n) is 6.67. The summed E-state index contributed by atoms with van der Waals surface area (Å²) in [6, 6.07) is 12.1. The Morgan fingerprint density at radius 3 is 2.26 bits per heavy atom. The average molecular weight is 539 g/mol. The van der Waals surface area contributed by atoms with Crippen molar-refractivity contribution in [3.8, 4) is 0 Å². The van der Waals surface area contributed by atoms with Crippen LogP contribution in [0.15, 0.2) is 48.5 Å². The van der Waals surface area contributed by atoms with E-state index in [0.29, 0.717) is 11.1 Å². The van der Waals surface area contributed by atoms with Gasteiger partial charge in [0.05, 0.1) is 5.69 Å². The van der Waals surface area contributed by atoms with Gasteiger partial charge in [0.2, 0.25) is 5.91 Å². The van der Waals surface area contributed by atoms with Crippen molar-refractivity contribution < 1.29 is 18.8 Å². The number of primary amides is 1. The fourth-order valence-electron chi connectivity index (χ4n) is 4.60. The van der Waals surface area contributed by atoms with Crippen LogP contribution in [-0.4, -0.2) is 47.1 Å². The molecule has 0 unspecified atom stereocenters. The molecule has 1 fully saturated rings. The molecule has 1 aliphatic rings. The predicted molar refractivity (Wildman–Crippen MR) is 145 cm³/mol. The van der Waals surface area contributed by atoms with Gasteiger partial charge < -0.3 is 26.6 Å². The molecule has 1 saturated carbocycles. The lowest BCUT2D eigenvalue weighted by Gasteiger charge is -2.32. The van der Waals surface area contributed by atoms with Gasteiger partial charge in [-0.25, -0.2) is 4.39 Å². The lowest BCUT2D eigenvalue weighted by Crippen LogP contribution is -2.45. The van der Waals surface area contributed by atoms with Gasteiger partial charge in [0.25, 0.3) is 11.8 Å². The number of anilines is 2. The molecule has 1 atom stereocenters. The lowest BCUT2D eigenvalue weighted by atomic mass is 10.0. The first kappa shape index (κ1) is 27.1. The summed E-state index contributed by atoms with van der Waals surface area (Å²) in [4.78, 5) is 42.9.